The molecule has 106 valence electrons. The van der Waals surface area contributed by atoms with Gasteiger partial charge in [0.15, 0.2) is 5.72 Å². The molecule has 1 saturated heterocycles. The smallest absolute Gasteiger partial charge is 0.392 e. The summed E-state index contributed by atoms with van der Waals surface area (Å²) in [5, 5.41) is 12.2. The summed E-state index contributed by atoms with van der Waals surface area (Å²) in [5.74, 6) is -0.145. The molecule has 0 radical (unpaired) electrons. The van der Waals surface area contributed by atoms with E-state index in [9.17, 15) is 14.7 Å². The van der Waals surface area contributed by atoms with Crippen LogP contribution in [-0.2, 0) is 13.6 Å². The molecule has 0 aromatic rings. The Kier molecular flexibility index (Phi) is 4.87. The van der Waals surface area contributed by atoms with Gasteiger partial charge >= 0.3 is 8.80 Å². The van der Waals surface area contributed by atoms with Gasteiger partial charge in [-0.1, -0.05) is 13.8 Å². The van der Waals surface area contributed by atoms with Gasteiger partial charge in [0, 0.05) is 19.6 Å². The second kappa shape index (κ2) is 5.64. The number of carbonyl (C=O) groups is 1. The third kappa shape index (κ3) is 3.28. The van der Waals surface area contributed by atoms with Crippen molar-refractivity contribution in [2.75, 3.05) is 33.9 Å². The van der Waals surface area contributed by atoms with Gasteiger partial charge in [-0.15, -0.1) is 0 Å². The largest absolute Gasteiger partial charge is 0.502 e. The minimum Gasteiger partial charge on any atom is -0.392 e. The Labute approximate surface area is 108 Å². The molecule has 0 spiro atoms. The molecule has 0 aromatic carbocycles. The summed E-state index contributed by atoms with van der Waals surface area (Å²) < 4.78 is 10.8. The number of amides is 1. The Balaban J connectivity index is 2.64. The zero-order valence-corrected chi connectivity index (χ0v) is 12.3. The van der Waals surface area contributed by atoms with E-state index in [1.54, 1.807) is 27.9 Å². The van der Waals surface area contributed by atoms with Crippen LogP contribution < -0.4 is 5.32 Å². The van der Waals surface area contributed by atoms with E-state index >= 15 is 0 Å². The molecule has 8 heteroatoms. The Morgan fingerprint density at radius 3 is 2.56 bits per heavy atom. The number of likely N-dealkylation sites (N-methyl/N-ethyl adjacent to an activating group) is 1. The molecule has 1 amide bonds. The van der Waals surface area contributed by atoms with Gasteiger partial charge in [-0.3, -0.25) is 10.1 Å². The zero-order valence-electron chi connectivity index (χ0n) is 11.3. The van der Waals surface area contributed by atoms with Crippen molar-refractivity contribution >= 4 is 14.7 Å². The van der Waals surface area contributed by atoms with Gasteiger partial charge < -0.3 is 23.7 Å². The van der Waals surface area contributed by atoms with Crippen molar-refractivity contribution in [1.29, 1.82) is 0 Å². The predicted molar refractivity (Wildman–Crippen MR) is 66.6 cm³/mol. The summed E-state index contributed by atoms with van der Waals surface area (Å²) in [4.78, 5) is 23.1. The van der Waals surface area contributed by atoms with Crippen LogP contribution in [0.15, 0.2) is 0 Å². The maximum Gasteiger partial charge on any atom is 0.502 e. The summed E-state index contributed by atoms with van der Waals surface area (Å²) in [6.45, 7) is 3.27. The van der Waals surface area contributed by atoms with Gasteiger partial charge in [0.2, 0.25) is 5.91 Å². The van der Waals surface area contributed by atoms with Crippen molar-refractivity contribution in [3.8, 4) is 0 Å². The maximum atomic E-state index is 11.5. The highest BCUT2D eigenvalue weighted by atomic mass is 28.4. The van der Waals surface area contributed by atoms with Crippen molar-refractivity contribution in [1.82, 2.24) is 10.2 Å². The number of aliphatic hydroxyl groups excluding tert-OH is 1. The number of hydrogen-bond donors (Lipinski definition) is 3. The van der Waals surface area contributed by atoms with E-state index in [4.69, 9.17) is 8.85 Å². The number of carbonyl (C=O) groups excluding carboxylic acids is 1. The van der Waals surface area contributed by atoms with E-state index in [1.165, 1.54) is 4.90 Å². The van der Waals surface area contributed by atoms with Crippen molar-refractivity contribution in [3.63, 3.8) is 0 Å². The van der Waals surface area contributed by atoms with Crippen LogP contribution in [-0.4, -0.2) is 69.1 Å². The van der Waals surface area contributed by atoms with E-state index in [2.05, 4.69) is 5.32 Å². The molecular formula is C10H22N2O5Si. The van der Waals surface area contributed by atoms with Crippen LogP contribution in [0.3, 0.4) is 0 Å². The molecule has 2 unspecified atom stereocenters. The highest BCUT2D eigenvalue weighted by molar-refractivity contribution is 6.61. The third-order valence-corrected chi connectivity index (χ3v) is 5.60. The monoisotopic (exact) mass is 278 g/mol. The Bertz CT molecular complexity index is 315. The number of aliphatic hydroxyl groups is 1. The number of nitrogens with zero attached hydrogens (tertiary/aromatic N) is 1. The lowest BCUT2D eigenvalue weighted by Gasteiger charge is -2.29. The molecule has 2 atom stereocenters. The minimum atomic E-state index is -3.27. The van der Waals surface area contributed by atoms with Crippen molar-refractivity contribution < 1.29 is 23.5 Å². The van der Waals surface area contributed by atoms with Crippen LogP contribution in [0, 0.1) is 0 Å². The molecule has 18 heavy (non-hydrogen) atoms. The van der Waals surface area contributed by atoms with Crippen molar-refractivity contribution in [3.05, 3.63) is 0 Å². The molecule has 1 aliphatic rings. The SMILES string of the molecule is CC(C)[Si]1(O)OCC(CO)(NCC(=O)N(C)C)O1. The molecule has 0 bridgehead atoms. The van der Waals surface area contributed by atoms with Gasteiger partial charge in [-0.2, -0.15) is 0 Å². The van der Waals surface area contributed by atoms with Crippen LogP contribution in [0.4, 0.5) is 0 Å². The molecule has 0 aliphatic carbocycles. The maximum absolute atomic E-state index is 11.5. The first kappa shape index (κ1) is 15.5. The molecule has 0 saturated carbocycles. The fraction of sp³-hybridized carbons (Fsp3) is 0.900. The summed E-state index contributed by atoms with van der Waals surface area (Å²) in [7, 11) is 0.0129. The summed E-state index contributed by atoms with van der Waals surface area (Å²) >= 11 is 0. The highest BCUT2D eigenvalue weighted by Gasteiger charge is 2.55. The normalized spacial score (nSPS) is 31.9. The van der Waals surface area contributed by atoms with Crippen molar-refractivity contribution in [2.45, 2.75) is 25.1 Å². The Morgan fingerprint density at radius 2 is 2.17 bits per heavy atom. The standard InChI is InChI=1S/C10H22N2O5Si/c1-8(2)18(15)16-7-10(6-13,17-18)11-5-9(14)12(3)4/h8,11,13,15H,5-7H2,1-4H3. The van der Waals surface area contributed by atoms with Gasteiger partial charge in [-0.25, -0.2) is 0 Å². The van der Waals surface area contributed by atoms with Gasteiger partial charge in [0.25, 0.3) is 0 Å². The van der Waals surface area contributed by atoms with Gasteiger partial charge in [0.05, 0.1) is 19.8 Å². The van der Waals surface area contributed by atoms with E-state index in [1.807, 2.05) is 0 Å². The lowest BCUT2D eigenvalue weighted by atomic mass is 10.2. The highest BCUT2D eigenvalue weighted by Crippen LogP contribution is 2.32. The van der Waals surface area contributed by atoms with E-state index in [0.717, 1.165) is 0 Å². The summed E-state index contributed by atoms with van der Waals surface area (Å²) in [5.41, 5.74) is -1.34. The topological polar surface area (TPSA) is 91.3 Å². The average Bonchev–Trinajstić information content (AvgIpc) is 2.66. The van der Waals surface area contributed by atoms with E-state index in [0.29, 0.717) is 0 Å². The summed E-state index contributed by atoms with van der Waals surface area (Å²) in [6, 6.07) is 0. The Morgan fingerprint density at radius 1 is 1.56 bits per heavy atom. The van der Waals surface area contributed by atoms with Crippen LogP contribution in [0.2, 0.25) is 5.54 Å². The van der Waals surface area contributed by atoms with Crippen LogP contribution in [0.25, 0.3) is 0 Å². The van der Waals surface area contributed by atoms with Gasteiger partial charge in [-0.05, 0) is 0 Å². The molecule has 0 aromatic heterocycles. The van der Waals surface area contributed by atoms with E-state index < -0.39 is 14.5 Å². The van der Waals surface area contributed by atoms with Crippen molar-refractivity contribution in [2.24, 2.45) is 0 Å². The van der Waals surface area contributed by atoms with E-state index in [-0.39, 0.29) is 31.2 Å². The fourth-order valence-corrected chi connectivity index (χ4v) is 3.28. The molecular weight excluding hydrogens is 256 g/mol. The lowest BCUT2D eigenvalue weighted by Crippen LogP contribution is -2.56. The number of rotatable bonds is 5. The first-order valence-corrected chi connectivity index (χ1v) is 7.71. The second-order valence-electron chi connectivity index (χ2n) is 4.97. The van der Waals surface area contributed by atoms with Gasteiger partial charge in [0.1, 0.15) is 0 Å². The fourth-order valence-electron chi connectivity index (χ4n) is 1.46. The molecule has 1 rings (SSSR count). The summed E-state index contributed by atoms with van der Waals surface area (Å²) in [6.07, 6.45) is 0. The minimum absolute atomic E-state index is 0.0134. The zero-order chi connectivity index (χ0) is 14.0. The first-order valence-electron chi connectivity index (χ1n) is 5.87. The number of hydrogen-bond acceptors (Lipinski definition) is 6. The second-order valence-corrected chi connectivity index (χ2v) is 7.88. The van der Waals surface area contributed by atoms with Crippen LogP contribution in [0.1, 0.15) is 13.8 Å². The molecule has 1 aliphatic heterocycles. The van der Waals surface area contributed by atoms with Crippen LogP contribution >= 0.6 is 0 Å². The number of nitrogens with one attached hydrogen (secondary N) is 1. The molecule has 1 fully saturated rings. The molecule has 1 heterocycles. The Hall–Kier alpha value is -0.513. The molecule has 3 N–H and O–H groups in total. The third-order valence-electron chi connectivity index (χ3n) is 2.90. The van der Waals surface area contributed by atoms with Crippen LogP contribution in [0.5, 0.6) is 0 Å². The average molecular weight is 278 g/mol. The predicted octanol–water partition coefficient (Wildman–Crippen LogP) is -1.26. The molecule has 7 nitrogen and oxygen atoms in total. The lowest BCUT2D eigenvalue weighted by molar-refractivity contribution is -0.129. The first-order chi connectivity index (χ1) is 8.25. The quantitative estimate of drug-likeness (QED) is 0.544.